The molecule has 0 radical (unpaired) electrons. The lowest BCUT2D eigenvalue weighted by Crippen LogP contribution is -2.52. The summed E-state index contributed by atoms with van der Waals surface area (Å²) in [5.41, 5.74) is 1.47. The van der Waals surface area contributed by atoms with Gasteiger partial charge in [-0.15, -0.1) is 0 Å². The average Bonchev–Trinajstić information content (AvgIpc) is 2.78. The van der Waals surface area contributed by atoms with Crippen LogP contribution in [0.5, 0.6) is 5.75 Å². The molecule has 0 aromatic heterocycles. The molecule has 1 aliphatic rings. The van der Waals surface area contributed by atoms with Gasteiger partial charge in [-0.2, -0.15) is 0 Å². The van der Waals surface area contributed by atoms with Crippen LogP contribution >= 0.6 is 0 Å². The lowest BCUT2D eigenvalue weighted by atomic mass is 9.82. The fourth-order valence-corrected chi connectivity index (χ4v) is 3.76. The van der Waals surface area contributed by atoms with E-state index in [-0.39, 0.29) is 18.0 Å². The van der Waals surface area contributed by atoms with Crippen LogP contribution in [0, 0.1) is 0 Å². The number of ether oxygens (including phenoxy) is 1. The fraction of sp³-hybridized carbons (Fsp3) is 0.417. The highest BCUT2D eigenvalue weighted by atomic mass is 16.5. The van der Waals surface area contributed by atoms with Gasteiger partial charge >= 0.3 is 6.03 Å². The molecule has 0 aliphatic carbocycles. The summed E-state index contributed by atoms with van der Waals surface area (Å²) in [7, 11) is 1.63. The van der Waals surface area contributed by atoms with Crippen molar-refractivity contribution < 1.29 is 14.3 Å². The number of carbonyl (C=O) groups excluding carboxylic acids is 2. The number of benzene rings is 2. The van der Waals surface area contributed by atoms with Gasteiger partial charge in [-0.1, -0.05) is 42.5 Å². The molecule has 1 saturated heterocycles. The van der Waals surface area contributed by atoms with E-state index in [4.69, 9.17) is 4.74 Å². The van der Waals surface area contributed by atoms with E-state index >= 15 is 0 Å². The first-order valence-corrected chi connectivity index (χ1v) is 10.4. The minimum absolute atomic E-state index is 0.0738. The molecule has 0 atom stereocenters. The Morgan fingerprint density at radius 1 is 1.03 bits per heavy atom. The van der Waals surface area contributed by atoms with E-state index in [0.717, 1.165) is 29.7 Å². The predicted molar refractivity (Wildman–Crippen MR) is 117 cm³/mol. The van der Waals surface area contributed by atoms with Crippen molar-refractivity contribution in [3.05, 3.63) is 65.7 Å². The third-order valence-corrected chi connectivity index (χ3v) is 5.76. The molecular formula is C24H31N3O3. The second-order valence-corrected chi connectivity index (χ2v) is 8.23. The van der Waals surface area contributed by atoms with Crippen molar-refractivity contribution in [1.82, 2.24) is 15.5 Å². The minimum atomic E-state index is -0.558. The molecule has 1 aliphatic heterocycles. The molecule has 2 aromatic rings. The van der Waals surface area contributed by atoms with Gasteiger partial charge in [-0.3, -0.25) is 4.79 Å². The third kappa shape index (κ3) is 5.32. The molecule has 0 unspecified atom stereocenters. The Morgan fingerprint density at radius 3 is 2.27 bits per heavy atom. The van der Waals surface area contributed by atoms with Gasteiger partial charge in [0.25, 0.3) is 0 Å². The lowest BCUT2D eigenvalue weighted by Gasteiger charge is -2.37. The van der Waals surface area contributed by atoms with Crippen LogP contribution in [0.1, 0.15) is 37.8 Å². The Morgan fingerprint density at radius 2 is 1.67 bits per heavy atom. The maximum atomic E-state index is 13.1. The number of carbonyl (C=O) groups is 2. The van der Waals surface area contributed by atoms with Gasteiger partial charge in [-0.05, 0) is 49.9 Å². The summed E-state index contributed by atoms with van der Waals surface area (Å²) >= 11 is 0. The number of nitrogens with zero attached hydrogens (tertiary/aromatic N) is 1. The van der Waals surface area contributed by atoms with E-state index in [1.807, 2.05) is 73.3 Å². The van der Waals surface area contributed by atoms with Crippen LogP contribution in [-0.4, -0.2) is 43.1 Å². The highest BCUT2D eigenvalue weighted by Gasteiger charge is 2.35. The smallest absolute Gasteiger partial charge is 0.315 e. The van der Waals surface area contributed by atoms with E-state index < -0.39 is 5.41 Å². The number of methoxy groups -OCH3 is 1. The second-order valence-electron chi connectivity index (χ2n) is 8.23. The largest absolute Gasteiger partial charge is 0.497 e. The van der Waals surface area contributed by atoms with Gasteiger partial charge in [0.1, 0.15) is 5.75 Å². The topological polar surface area (TPSA) is 70.7 Å². The molecule has 3 amide bonds. The Kier molecular flexibility index (Phi) is 6.98. The van der Waals surface area contributed by atoms with E-state index in [9.17, 15) is 9.59 Å². The first-order valence-electron chi connectivity index (χ1n) is 10.4. The zero-order valence-corrected chi connectivity index (χ0v) is 18.0. The Hall–Kier alpha value is -3.02. The molecule has 1 fully saturated rings. The number of hydrogen-bond donors (Lipinski definition) is 2. The van der Waals surface area contributed by atoms with Crippen LogP contribution in [0.25, 0.3) is 0 Å². The number of nitrogens with one attached hydrogen (secondary N) is 2. The fourth-order valence-electron chi connectivity index (χ4n) is 3.76. The molecule has 2 N–H and O–H groups in total. The Balaban J connectivity index is 1.44. The van der Waals surface area contributed by atoms with Gasteiger partial charge in [0, 0.05) is 25.7 Å². The SMILES string of the molecule is COc1ccc(CNC(=O)NC2CCN(C(=O)C(C)(C)c3ccccc3)CC2)cc1. The van der Waals surface area contributed by atoms with Gasteiger partial charge in [0.15, 0.2) is 0 Å². The number of hydrogen-bond acceptors (Lipinski definition) is 3. The van der Waals surface area contributed by atoms with Crippen molar-refractivity contribution >= 4 is 11.9 Å². The highest BCUT2D eigenvalue weighted by Crippen LogP contribution is 2.27. The normalized spacial score (nSPS) is 14.8. The average molecular weight is 410 g/mol. The standard InChI is InChI=1S/C24H31N3O3/c1-24(2,19-7-5-4-6-8-19)22(28)27-15-13-20(14-16-27)26-23(29)25-17-18-9-11-21(30-3)12-10-18/h4-12,20H,13-17H2,1-3H3,(H2,25,26,29). The molecule has 30 heavy (non-hydrogen) atoms. The van der Waals surface area contributed by atoms with Crippen molar-refractivity contribution in [2.45, 2.75) is 44.7 Å². The van der Waals surface area contributed by atoms with Gasteiger partial charge in [-0.25, -0.2) is 4.79 Å². The maximum Gasteiger partial charge on any atom is 0.315 e. The summed E-state index contributed by atoms with van der Waals surface area (Å²) in [6, 6.07) is 17.4. The monoisotopic (exact) mass is 409 g/mol. The highest BCUT2D eigenvalue weighted by molar-refractivity contribution is 5.87. The number of amides is 3. The van der Waals surface area contributed by atoms with Gasteiger partial charge in [0.05, 0.1) is 12.5 Å². The lowest BCUT2D eigenvalue weighted by molar-refractivity contribution is -0.137. The van der Waals surface area contributed by atoms with Crippen molar-refractivity contribution in [3.8, 4) is 5.75 Å². The summed E-state index contributed by atoms with van der Waals surface area (Å²) in [5.74, 6) is 0.927. The Labute approximate surface area is 178 Å². The summed E-state index contributed by atoms with van der Waals surface area (Å²) in [6.45, 7) is 5.71. The molecule has 2 aromatic carbocycles. The number of rotatable bonds is 6. The van der Waals surface area contributed by atoms with E-state index in [1.54, 1.807) is 7.11 Å². The summed E-state index contributed by atoms with van der Waals surface area (Å²) in [5, 5.41) is 5.92. The van der Waals surface area contributed by atoms with E-state index in [0.29, 0.717) is 19.6 Å². The van der Waals surface area contributed by atoms with Crippen LogP contribution in [-0.2, 0) is 16.8 Å². The molecule has 1 heterocycles. The molecule has 0 saturated carbocycles. The van der Waals surface area contributed by atoms with Crippen LogP contribution in [0.3, 0.4) is 0 Å². The third-order valence-electron chi connectivity index (χ3n) is 5.76. The van der Waals surface area contributed by atoms with E-state index in [2.05, 4.69) is 10.6 Å². The second kappa shape index (κ2) is 9.65. The van der Waals surface area contributed by atoms with Crippen LogP contribution < -0.4 is 15.4 Å². The molecule has 6 heteroatoms. The molecule has 3 rings (SSSR count). The van der Waals surface area contributed by atoms with E-state index in [1.165, 1.54) is 0 Å². The van der Waals surface area contributed by atoms with Crippen molar-refractivity contribution in [2.24, 2.45) is 0 Å². The van der Waals surface area contributed by atoms with Crippen molar-refractivity contribution in [2.75, 3.05) is 20.2 Å². The van der Waals surface area contributed by atoms with Crippen LogP contribution in [0.4, 0.5) is 4.79 Å². The van der Waals surface area contributed by atoms with Crippen LogP contribution in [0.15, 0.2) is 54.6 Å². The first kappa shape index (κ1) is 21.7. The summed E-state index contributed by atoms with van der Waals surface area (Å²) in [6.07, 6.45) is 1.51. The Bertz CT molecular complexity index is 842. The zero-order valence-electron chi connectivity index (χ0n) is 18.0. The summed E-state index contributed by atoms with van der Waals surface area (Å²) < 4.78 is 5.14. The number of piperidine rings is 1. The molecule has 160 valence electrons. The number of likely N-dealkylation sites (tertiary alicyclic amines) is 1. The molecule has 0 bridgehead atoms. The minimum Gasteiger partial charge on any atom is -0.497 e. The van der Waals surface area contributed by atoms with Gasteiger partial charge in [0.2, 0.25) is 5.91 Å². The summed E-state index contributed by atoms with van der Waals surface area (Å²) in [4.78, 5) is 27.2. The van der Waals surface area contributed by atoms with Crippen molar-refractivity contribution in [3.63, 3.8) is 0 Å². The molecule has 6 nitrogen and oxygen atoms in total. The molecule has 0 spiro atoms. The zero-order chi connectivity index (χ0) is 21.6. The predicted octanol–water partition coefficient (Wildman–Crippen LogP) is 3.46. The van der Waals surface area contributed by atoms with Crippen molar-refractivity contribution in [1.29, 1.82) is 0 Å². The first-order chi connectivity index (χ1) is 14.4. The molecular weight excluding hydrogens is 378 g/mol. The number of urea groups is 1. The van der Waals surface area contributed by atoms with Gasteiger partial charge < -0.3 is 20.3 Å². The van der Waals surface area contributed by atoms with Crippen LogP contribution in [0.2, 0.25) is 0 Å². The quantitative estimate of drug-likeness (QED) is 0.768. The maximum absolute atomic E-state index is 13.1.